The van der Waals surface area contributed by atoms with Gasteiger partial charge in [0.05, 0.1) is 16.1 Å². The minimum absolute atomic E-state index is 0.0718. The number of nitrogens with one attached hydrogen (secondary N) is 1. The van der Waals surface area contributed by atoms with Crippen molar-refractivity contribution in [2.75, 3.05) is 37.6 Å². The summed E-state index contributed by atoms with van der Waals surface area (Å²) in [5.41, 5.74) is 3.63. The first-order valence-electron chi connectivity index (χ1n) is 11.7. The van der Waals surface area contributed by atoms with Crippen molar-refractivity contribution in [2.45, 2.75) is 65.3 Å². The third kappa shape index (κ3) is 4.97. The van der Waals surface area contributed by atoms with Gasteiger partial charge in [-0.1, -0.05) is 23.8 Å². The van der Waals surface area contributed by atoms with E-state index < -0.39 is 0 Å². The Hall–Kier alpha value is -1.66. The zero-order chi connectivity index (χ0) is 21.1. The van der Waals surface area contributed by atoms with E-state index in [1.165, 1.54) is 41.6 Å². The zero-order valence-corrected chi connectivity index (χ0v) is 19.6. The molecule has 3 heterocycles. The van der Waals surface area contributed by atoms with Crippen molar-refractivity contribution >= 4 is 32.6 Å². The Morgan fingerprint density at radius 3 is 2.90 bits per heavy atom. The van der Waals surface area contributed by atoms with Crippen molar-refractivity contribution in [1.82, 2.24) is 15.2 Å². The number of anilines is 1. The molecule has 2 aliphatic heterocycles. The summed E-state index contributed by atoms with van der Waals surface area (Å²) < 4.78 is 1.25. The standard InChI is InChI=1S/C24H36N4OS/c1-17-14-18(2)22-21(15-17)30-24(26-22)28-12-6-9-20(16-28)23(29)25-10-7-13-27-11-5-4-8-19(27)3/h14-15,19-20H,4-13,16H2,1-3H3,(H,25,29)/t19-,20+/m1/s1. The number of hydrogen-bond acceptors (Lipinski definition) is 5. The Bertz CT molecular complexity index is 879. The van der Waals surface area contributed by atoms with Crippen LogP contribution in [0.25, 0.3) is 10.2 Å². The average molecular weight is 429 g/mol. The smallest absolute Gasteiger partial charge is 0.224 e. The molecule has 2 saturated heterocycles. The molecule has 2 atom stereocenters. The fraction of sp³-hybridized carbons (Fsp3) is 0.667. The van der Waals surface area contributed by atoms with Gasteiger partial charge >= 0.3 is 0 Å². The first-order chi connectivity index (χ1) is 14.5. The number of hydrogen-bond donors (Lipinski definition) is 1. The highest BCUT2D eigenvalue weighted by Gasteiger charge is 2.27. The van der Waals surface area contributed by atoms with Crippen molar-refractivity contribution in [3.63, 3.8) is 0 Å². The predicted octanol–water partition coefficient (Wildman–Crippen LogP) is 4.51. The number of carbonyl (C=O) groups is 1. The van der Waals surface area contributed by atoms with Gasteiger partial charge in [0, 0.05) is 32.2 Å². The maximum absolute atomic E-state index is 12.8. The number of rotatable bonds is 6. The van der Waals surface area contributed by atoms with E-state index >= 15 is 0 Å². The molecule has 0 radical (unpaired) electrons. The Kier molecular flexibility index (Phi) is 6.94. The lowest BCUT2D eigenvalue weighted by Gasteiger charge is -2.33. The van der Waals surface area contributed by atoms with E-state index in [9.17, 15) is 4.79 Å². The Morgan fingerprint density at radius 2 is 2.07 bits per heavy atom. The maximum atomic E-state index is 12.8. The molecule has 4 rings (SSSR count). The summed E-state index contributed by atoms with van der Waals surface area (Å²) in [6, 6.07) is 5.12. The van der Waals surface area contributed by atoms with Crippen molar-refractivity contribution in [2.24, 2.45) is 5.92 Å². The van der Waals surface area contributed by atoms with Crippen LogP contribution >= 0.6 is 11.3 Å². The molecular weight excluding hydrogens is 392 g/mol. The Balaban J connectivity index is 1.29. The lowest BCUT2D eigenvalue weighted by atomic mass is 9.97. The Labute approximate surface area is 184 Å². The monoisotopic (exact) mass is 428 g/mol. The molecule has 0 aliphatic carbocycles. The van der Waals surface area contributed by atoms with Crippen LogP contribution in [0.3, 0.4) is 0 Å². The highest BCUT2D eigenvalue weighted by Crippen LogP contribution is 2.33. The van der Waals surface area contributed by atoms with Crippen LogP contribution in [0.4, 0.5) is 5.13 Å². The summed E-state index contributed by atoms with van der Waals surface area (Å²) in [5.74, 6) is 0.294. The molecule has 2 aromatic rings. The van der Waals surface area contributed by atoms with E-state index in [-0.39, 0.29) is 11.8 Å². The second kappa shape index (κ2) is 9.65. The summed E-state index contributed by atoms with van der Waals surface area (Å²) in [6.45, 7) is 11.5. The van der Waals surface area contributed by atoms with Crippen LogP contribution in [0.5, 0.6) is 0 Å². The summed E-state index contributed by atoms with van der Waals surface area (Å²) in [5, 5.41) is 4.28. The number of aromatic nitrogens is 1. The van der Waals surface area contributed by atoms with Gasteiger partial charge < -0.3 is 15.1 Å². The number of amides is 1. The normalized spacial score (nSPS) is 23.1. The minimum Gasteiger partial charge on any atom is -0.356 e. The van der Waals surface area contributed by atoms with Crippen molar-refractivity contribution in [1.29, 1.82) is 0 Å². The SMILES string of the molecule is Cc1cc(C)c2nc(N3CCC[C@H](C(=O)NCCCN4CCCC[C@H]4C)C3)sc2c1. The zero-order valence-electron chi connectivity index (χ0n) is 18.7. The van der Waals surface area contributed by atoms with Gasteiger partial charge in [0.25, 0.3) is 0 Å². The van der Waals surface area contributed by atoms with E-state index in [4.69, 9.17) is 4.98 Å². The molecule has 0 unspecified atom stereocenters. The van der Waals surface area contributed by atoms with Crippen LogP contribution in [0.2, 0.25) is 0 Å². The second-order valence-electron chi connectivity index (χ2n) is 9.24. The van der Waals surface area contributed by atoms with Crippen LogP contribution in [-0.4, -0.2) is 54.6 Å². The van der Waals surface area contributed by atoms with E-state index in [1.54, 1.807) is 11.3 Å². The molecule has 0 spiro atoms. The van der Waals surface area contributed by atoms with Crippen LogP contribution in [0.15, 0.2) is 12.1 Å². The number of fused-ring (bicyclic) bond motifs is 1. The molecule has 1 aromatic heterocycles. The lowest BCUT2D eigenvalue weighted by molar-refractivity contribution is -0.125. The van der Waals surface area contributed by atoms with Gasteiger partial charge in [-0.15, -0.1) is 0 Å². The number of carbonyl (C=O) groups excluding carboxylic acids is 1. The number of benzene rings is 1. The molecule has 1 amide bonds. The average Bonchev–Trinajstić information content (AvgIpc) is 3.17. The molecule has 30 heavy (non-hydrogen) atoms. The molecular formula is C24H36N4OS. The van der Waals surface area contributed by atoms with Gasteiger partial charge in [-0.25, -0.2) is 4.98 Å². The van der Waals surface area contributed by atoms with Crippen molar-refractivity contribution in [3.8, 4) is 0 Å². The van der Waals surface area contributed by atoms with Crippen LogP contribution in [-0.2, 0) is 4.79 Å². The predicted molar refractivity (Wildman–Crippen MR) is 127 cm³/mol. The van der Waals surface area contributed by atoms with Crippen LogP contribution in [0, 0.1) is 19.8 Å². The first kappa shape index (κ1) is 21.6. The van der Waals surface area contributed by atoms with Gasteiger partial charge in [0.15, 0.2) is 5.13 Å². The summed E-state index contributed by atoms with van der Waals surface area (Å²) in [4.78, 5) is 22.6. The molecule has 0 bridgehead atoms. The number of piperidine rings is 2. The minimum atomic E-state index is 0.0718. The summed E-state index contributed by atoms with van der Waals surface area (Å²) in [6.07, 6.45) is 7.07. The number of aryl methyl sites for hydroxylation is 2. The third-order valence-corrected chi connectivity index (χ3v) is 7.81. The maximum Gasteiger partial charge on any atom is 0.224 e. The summed E-state index contributed by atoms with van der Waals surface area (Å²) in [7, 11) is 0. The summed E-state index contributed by atoms with van der Waals surface area (Å²) >= 11 is 1.76. The van der Waals surface area contributed by atoms with Gasteiger partial charge in [0.2, 0.25) is 5.91 Å². The van der Waals surface area contributed by atoms with Crippen molar-refractivity contribution < 1.29 is 4.79 Å². The van der Waals surface area contributed by atoms with E-state index in [0.717, 1.165) is 56.1 Å². The molecule has 1 aromatic carbocycles. The van der Waals surface area contributed by atoms with E-state index in [1.807, 2.05) is 0 Å². The Morgan fingerprint density at radius 1 is 1.20 bits per heavy atom. The molecule has 5 nitrogen and oxygen atoms in total. The molecule has 2 fully saturated rings. The van der Waals surface area contributed by atoms with Crippen molar-refractivity contribution in [3.05, 3.63) is 23.3 Å². The molecule has 6 heteroatoms. The van der Waals surface area contributed by atoms with E-state index in [0.29, 0.717) is 6.04 Å². The molecule has 164 valence electrons. The topological polar surface area (TPSA) is 48.5 Å². The van der Waals surface area contributed by atoms with E-state index in [2.05, 4.69) is 48.0 Å². The van der Waals surface area contributed by atoms with Gasteiger partial charge in [-0.3, -0.25) is 4.79 Å². The fourth-order valence-corrected chi connectivity index (χ4v) is 6.16. The van der Waals surface area contributed by atoms with Gasteiger partial charge in [-0.2, -0.15) is 0 Å². The van der Waals surface area contributed by atoms with Gasteiger partial charge in [-0.05, 0) is 76.6 Å². The number of nitrogens with zero attached hydrogens (tertiary/aromatic N) is 3. The largest absolute Gasteiger partial charge is 0.356 e. The molecule has 0 saturated carbocycles. The van der Waals surface area contributed by atoms with Crippen LogP contribution in [0.1, 0.15) is 56.6 Å². The second-order valence-corrected chi connectivity index (χ2v) is 10.2. The first-order valence-corrected chi connectivity index (χ1v) is 12.5. The molecule has 2 aliphatic rings. The quantitative estimate of drug-likeness (QED) is 0.688. The number of thiazole rings is 1. The highest BCUT2D eigenvalue weighted by atomic mass is 32.1. The van der Waals surface area contributed by atoms with Gasteiger partial charge in [0.1, 0.15) is 0 Å². The highest BCUT2D eigenvalue weighted by molar-refractivity contribution is 7.22. The molecule has 1 N–H and O–H groups in total. The third-order valence-electron chi connectivity index (χ3n) is 6.74. The fourth-order valence-electron chi connectivity index (χ4n) is 4.99. The number of likely N-dealkylation sites (tertiary alicyclic amines) is 1. The lowest BCUT2D eigenvalue weighted by Crippen LogP contribution is -2.44. The van der Waals surface area contributed by atoms with Crippen LogP contribution < -0.4 is 10.2 Å².